The van der Waals surface area contributed by atoms with Crippen LogP contribution in [0.3, 0.4) is 0 Å². The van der Waals surface area contributed by atoms with Gasteiger partial charge in [-0.25, -0.2) is 10.2 Å². The molecular weight excluding hydrogens is 742 g/mol. The SMILES string of the molecule is COc1ccc(Cl)cc1C(=O)Oc1c(Br)cc(Br)cc1C=NNC(=O)c1[nH]c2c(Br)cccc2c1-c1ccccc1. The Labute approximate surface area is 265 Å². The third kappa shape index (κ3) is 6.25. The lowest BCUT2D eigenvalue weighted by Gasteiger charge is -2.12. The molecule has 5 aromatic rings. The number of nitrogens with one attached hydrogen (secondary N) is 2. The summed E-state index contributed by atoms with van der Waals surface area (Å²) in [6.07, 6.45) is 1.39. The summed E-state index contributed by atoms with van der Waals surface area (Å²) < 4.78 is 13.0. The summed E-state index contributed by atoms with van der Waals surface area (Å²) in [6, 6.07) is 23.5. The number of halogens is 4. The highest BCUT2D eigenvalue weighted by atomic mass is 79.9. The Balaban J connectivity index is 1.45. The maximum absolute atomic E-state index is 13.4. The second kappa shape index (κ2) is 12.6. The van der Waals surface area contributed by atoms with Crippen molar-refractivity contribution in [1.29, 1.82) is 0 Å². The predicted octanol–water partition coefficient (Wildman–Crippen LogP) is 8.77. The Hall–Kier alpha value is -3.44. The first-order valence-corrected chi connectivity index (χ1v) is 14.8. The first-order valence-electron chi connectivity index (χ1n) is 12.0. The van der Waals surface area contributed by atoms with Gasteiger partial charge in [0.25, 0.3) is 5.91 Å². The van der Waals surface area contributed by atoms with Crippen molar-refractivity contribution in [1.82, 2.24) is 10.4 Å². The molecule has 0 bridgehead atoms. The van der Waals surface area contributed by atoms with Gasteiger partial charge in [-0.3, -0.25) is 4.79 Å². The molecular formula is C30H19Br3ClN3O4. The second-order valence-corrected chi connectivity index (χ2v) is 11.7. The third-order valence-corrected chi connectivity index (χ3v) is 8.00. The number of carbonyl (C=O) groups is 2. The van der Waals surface area contributed by atoms with Crippen LogP contribution in [0.15, 0.2) is 97.4 Å². The molecule has 7 nitrogen and oxygen atoms in total. The van der Waals surface area contributed by atoms with Crippen LogP contribution in [-0.2, 0) is 0 Å². The Morgan fingerprint density at radius 1 is 0.951 bits per heavy atom. The van der Waals surface area contributed by atoms with Crippen LogP contribution in [0.5, 0.6) is 11.5 Å². The number of hydrogen-bond donors (Lipinski definition) is 2. The number of carbonyl (C=O) groups excluding carboxylic acids is 2. The molecule has 0 atom stereocenters. The first kappa shape index (κ1) is 29.1. The molecule has 206 valence electrons. The summed E-state index contributed by atoms with van der Waals surface area (Å²) in [6.45, 7) is 0. The predicted molar refractivity (Wildman–Crippen MR) is 171 cm³/mol. The lowest BCUT2D eigenvalue weighted by Crippen LogP contribution is -2.19. The van der Waals surface area contributed by atoms with Crippen molar-refractivity contribution in [3.05, 3.63) is 114 Å². The van der Waals surface area contributed by atoms with E-state index in [2.05, 4.69) is 63.3 Å². The molecule has 0 aliphatic heterocycles. The molecule has 41 heavy (non-hydrogen) atoms. The average Bonchev–Trinajstić information content (AvgIpc) is 3.36. The van der Waals surface area contributed by atoms with Gasteiger partial charge in [0.05, 0.1) is 23.3 Å². The zero-order chi connectivity index (χ0) is 29.1. The number of rotatable bonds is 7. The second-order valence-electron chi connectivity index (χ2n) is 8.64. The van der Waals surface area contributed by atoms with Gasteiger partial charge in [0.1, 0.15) is 17.0 Å². The van der Waals surface area contributed by atoms with Gasteiger partial charge in [0.2, 0.25) is 0 Å². The van der Waals surface area contributed by atoms with Gasteiger partial charge in [-0.2, -0.15) is 5.10 Å². The van der Waals surface area contributed by atoms with Gasteiger partial charge in [0.15, 0.2) is 5.75 Å². The van der Waals surface area contributed by atoms with Crippen molar-refractivity contribution in [2.75, 3.05) is 7.11 Å². The fourth-order valence-electron chi connectivity index (χ4n) is 4.24. The quantitative estimate of drug-likeness (QED) is 0.0752. The fraction of sp³-hybridized carbons (Fsp3) is 0.0333. The first-order chi connectivity index (χ1) is 19.8. The van der Waals surface area contributed by atoms with Crippen molar-refractivity contribution in [2.24, 2.45) is 5.10 Å². The number of fused-ring (bicyclic) bond motifs is 1. The van der Waals surface area contributed by atoms with Gasteiger partial charge in [-0.05, 0) is 73.8 Å². The van der Waals surface area contributed by atoms with E-state index in [-0.39, 0.29) is 11.3 Å². The molecule has 0 fully saturated rings. The summed E-state index contributed by atoms with van der Waals surface area (Å²) in [5.41, 5.74) is 5.95. The van der Waals surface area contributed by atoms with E-state index in [0.717, 1.165) is 26.5 Å². The van der Waals surface area contributed by atoms with Gasteiger partial charge < -0.3 is 14.5 Å². The molecule has 1 heterocycles. The Morgan fingerprint density at radius 2 is 1.73 bits per heavy atom. The Kier molecular flexibility index (Phi) is 8.94. The highest BCUT2D eigenvalue weighted by Gasteiger charge is 2.21. The molecule has 1 aromatic heterocycles. The number of nitrogens with zero attached hydrogens (tertiary/aromatic N) is 1. The molecule has 4 aromatic carbocycles. The van der Waals surface area contributed by atoms with E-state index in [1.807, 2.05) is 48.5 Å². The van der Waals surface area contributed by atoms with Crippen molar-refractivity contribution in [3.8, 4) is 22.6 Å². The van der Waals surface area contributed by atoms with Crippen molar-refractivity contribution < 1.29 is 19.1 Å². The topological polar surface area (TPSA) is 92.8 Å². The average molecular weight is 761 g/mol. The minimum absolute atomic E-state index is 0.157. The molecule has 0 unspecified atom stereocenters. The maximum Gasteiger partial charge on any atom is 0.347 e. The van der Waals surface area contributed by atoms with E-state index in [4.69, 9.17) is 21.1 Å². The van der Waals surface area contributed by atoms with Gasteiger partial charge in [0, 0.05) is 30.5 Å². The van der Waals surface area contributed by atoms with Crippen LogP contribution in [0.1, 0.15) is 26.4 Å². The number of benzene rings is 4. The number of para-hydroxylation sites is 1. The number of aromatic amines is 1. The molecule has 0 aliphatic rings. The minimum Gasteiger partial charge on any atom is -0.496 e. The fourth-order valence-corrected chi connectivity index (χ4v) is 6.22. The monoisotopic (exact) mass is 757 g/mol. The van der Waals surface area contributed by atoms with E-state index in [0.29, 0.717) is 31.0 Å². The highest BCUT2D eigenvalue weighted by molar-refractivity contribution is 9.11. The van der Waals surface area contributed by atoms with Gasteiger partial charge in [-0.1, -0.05) is 70.0 Å². The van der Waals surface area contributed by atoms with Gasteiger partial charge >= 0.3 is 5.97 Å². The van der Waals surface area contributed by atoms with Crippen LogP contribution in [0.25, 0.3) is 22.0 Å². The lowest BCUT2D eigenvalue weighted by atomic mass is 10.0. The summed E-state index contributed by atoms with van der Waals surface area (Å²) >= 11 is 16.5. The van der Waals surface area contributed by atoms with E-state index in [1.54, 1.807) is 24.3 Å². The van der Waals surface area contributed by atoms with Crippen LogP contribution in [0, 0.1) is 0 Å². The molecule has 1 amide bonds. The third-order valence-electron chi connectivity index (χ3n) is 6.06. The standard InChI is InChI=1S/C30H19Br3ClN3O4/c1-40-24-11-10-19(34)14-21(24)30(39)41-28-17(12-18(31)13-23(28)33)15-35-37-29(38)27-25(16-6-3-2-4-7-16)20-8-5-9-22(32)26(20)36-27/h2-15,36H,1H3,(H,37,38). The van der Waals surface area contributed by atoms with Crippen LogP contribution < -0.4 is 14.9 Å². The Morgan fingerprint density at radius 3 is 2.49 bits per heavy atom. The molecule has 0 saturated heterocycles. The van der Waals surface area contributed by atoms with Crippen molar-refractivity contribution in [3.63, 3.8) is 0 Å². The summed E-state index contributed by atoms with van der Waals surface area (Å²) in [4.78, 5) is 29.7. The molecule has 0 radical (unpaired) electrons. The number of methoxy groups -OCH3 is 1. The van der Waals surface area contributed by atoms with Crippen LogP contribution in [-0.4, -0.2) is 30.2 Å². The number of ether oxygens (including phenoxy) is 2. The summed E-state index contributed by atoms with van der Waals surface area (Å²) in [5, 5.41) is 5.43. The van der Waals surface area contributed by atoms with E-state index < -0.39 is 11.9 Å². The van der Waals surface area contributed by atoms with Crippen LogP contribution in [0.2, 0.25) is 5.02 Å². The largest absolute Gasteiger partial charge is 0.496 e. The molecule has 2 N–H and O–H groups in total. The van der Waals surface area contributed by atoms with E-state index in [9.17, 15) is 9.59 Å². The van der Waals surface area contributed by atoms with Crippen molar-refractivity contribution in [2.45, 2.75) is 0 Å². The Bertz CT molecular complexity index is 1820. The number of hydrogen-bond acceptors (Lipinski definition) is 5. The highest BCUT2D eigenvalue weighted by Crippen LogP contribution is 2.36. The zero-order valence-electron chi connectivity index (χ0n) is 21.2. The normalized spacial score (nSPS) is 11.1. The maximum atomic E-state index is 13.4. The van der Waals surface area contributed by atoms with E-state index >= 15 is 0 Å². The molecule has 0 aliphatic carbocycles. The number of H-pyrrole nitrogens is 1. The summed E-state index contributed by atoms with van der Waals surface area (Å²) in [7, 11) is 1.45. The zero-order valence-corrected chi connectivity index (χ0v) is 26.7. The van der Waals surface area contributed by atoms with E-state index in [1.165, 1.54) is 19.4 Å². The van der Waals surface area contributed by atoms with Crippen LogP contribution in [0.4, 0.5) is 0 Å². The molecule has 0 saturated carbocycles. The molecule has 0 spiro atoms. The number of esters is 1. The number of aromatic nitrogens is 1. The summed E-state index contributed by atoms with van der Waals surface area (Å²) in [5.74, 6) is -0.617. The smallest absolute Gasteiger partial charge is 0.347 e. The van der Waals surface area contributed by atoms with Crippen molar-refractivity contribution >= 4 is 88.4 Å². The lowest BCUT2D eigenvalue weighted by molar-refractivity contribution is 0.0729. The number of amides is 1. The minimum atomic E-state index is -0.679. The molecule has 11 heteroatoms. The van der Waals surface area contributed by atoms with Gasteiger partial charge in [-0.15, -0.1) is 0 Å². The molecule has 5 rings (SSSR count). The number of hydrazone groups is 1. The van der Waals surface area contributed by atoms with Crippen LogP contribution >= 0.6 is 59.4 Å².